The van der Waals surface area contributed by atoms with Crippen LogP contribution in [0.3, 0.4) is 0 Å². The Morgan fingerprint density at radius 1 is 1.38 bits per heavy atom. The molecule has 0 N–H and O–H groups in total. The lowest BCUT2D eigenvalue weighted by atomic mass is 10.1. The zero-order valence-electron chi connectivity index (χ0n) is 9.22. The molecule has 0 bridgehead atoms. The number of aldehydes is 1. The third-order valence-corrected chi connectivity index (χ3v) is 2.76. The predicted octanol–water partition coefficient (Wildman–Crippen LogP) is 1.65. The van der Waals surface area contributed by atoms with E-state index in [1.165, 1.54) is 0 Å². The number of anilines is 1. The zero-order chi connectivity index (χ0) is 11.5. The molecule has 0 radical (unpaired) electrons. The first kappa shape index (κ1) is 10.7. The molecule has 0 saturated carbocycles. The Bertz CT molecular complexity index is 417. The second-order valence-electron chi connectivity index (χ2n) is 3.70. The average molecular weight is 218 g/mol. The van der Waals surface area contributed by atoms with Crippen molar-refractivity contribution in [2.75, 3.05) is 18.0 Å². The van der Waals surface area contributed by atoms with E-state index >= 15 is 0 Å². The van der Waals surface area contributed by atoms with Gasteiger partial charge in [0.2, 0.25) is 0 Å². The van der Waals surface area contributed by atoms with Crippen molar-refractivity contribution in [2.45, 2.75) is 13.5 Å². The largest absolute Gasteiger partial charge is 0.325 e. The third-order valence-electron chi connectivity index (χ3n) is 2.76. The Kier molecular flexibility index (Phi) is 2.90. The van der Waals surface area contributed by atoms with Crippen LogP contribution >= 0.6 is 0 Å². The lowest BCUT2D eigenvalue weighted by Gasteiger charge is -2.35. The Balaban J connectivity index is 2.38. The normalized spacial score (nSPS) is 14.9. The second-order valence-corrected chi connectivity index (χ2v) is 3.70. The molecule has 2 amide bonds. The standard InChI is InChI=1S/C12H14N2O2/c1-2-14-11-6-4-3-5-10(11)9-13(7-8-15)12(14)16/h3-6,8H,2,7,9H2,1H3. The predicted molar refractivity (Wildman–Crippen MR) is 61.3 cm³/mol. The highest BCUT2D eigenvalue weighted by atomic mass is 16.2. The number of hydrogen-bond donors (Lipinski definition) is 0. The molecule has 1 aromatic carbocycles. The molecule has 0 aromatic heterocycles. The van der Waals surface area contributed by atoms with E-state index in [0.29, 0.717) is 13.1 Å². The lowest BCUT2D eigenvalue weighted by Crippen LogP contribution is -2.47. The van der Waals surface area contributed by atoms with Gasteiger partial charge in [-0.25, -0.2) is 4.79 Å². The van der Waals surface area contributed by atoms with Crippen molar-refractivity contribution in [1.29, 1.82) is 0 Å². The molecule has 1 heterocycles. The van der Waals surface area contributed by atoms with Crippen molar-refractivity contribution in [1.82, 2.24) is 4.90 Å². The molecule has 84 valence electrons. The zero-order valence-corrected chi connectivity index (χ0v) is 9.22. The summed E-state index contributed by atoms with van der Waals surface area (Å²) in [7, 11) is 0. The van der Waals surface area contributed by atoms with Crippen LogP contribution in [0.2, 0.25) is 0 Å². The summed E-state index contributed by atoms with van der Waals surface area (Å²) in [4.78, 5) is 25.8. The minimum atomic E-state index is -0.0895. The number of nitrogens with zero attached hydrogens (tertiary/aromatic N) is 2. The third kappa shape index (κ3) is 1.66. The summed E-state index contributed by atoms with van der Waals surface area (Å²) in [5.74, 6) is 0. The highest BCUT2D eigenvalue weighted by Gasteiger charge is 2.28. The quantitative estimate of drug-likeness (QED) is 0.724. The monoisotopic (exact) mass is 218 g/mol. The first-order valence-corrected chi connectivity index (χ1v) is 5.36. The molecule has 1 aromatic rings. The van der Waals surface area contributed by atoms with Crippen LogP contribution in [0.1, 0.15) is 12.5 Å². The molecule has 0 unspecified atom stereocenters. The number of carbonyl (C=O) groups excluding carboxylic acids is 2. The lowest BCUT2D eigenvalue weighted by molar-refractivity contribution is -0.108. The number of para-hydroxylation sites is 1. The van der Waals surface area contributed by atoms with Gasteiger partial charge in [-0.15, -0.1) is 0 Å². The summed E-state index contributed by atoms with van der Waals surface area (Å²) >= 11 is 0. The molecule has 0 spiro atoms. The highest BCUT2D eigenvalue weighted by molar-refractivity contribution is 5.95. The molecule has 1 aliphatic rings. The highest BCUT2D eigenvalue weighted by Crippen LogP contribution is 2.27. The van der Waals surface area contributed by atoms with E-state index in [-0.39, 0.29) is 12.6 Å². The van der Waals surface area contributed by atoms with E-state index in [1.54, 1.807) is 9.80 Å². The second kappa shape index (κ2) is 4.35. The molecule has 4 nitrogen and oxygen atoms in total. The van der Waals surface area contributed by atoms with Crippen molar-refractivity contribution >= 4 is 18.0 Å². The van der Waals surface area contributed by atoms with Gasteiger partial charge >= 0.3 is 6.03 Å². The number of fused-ring (bicyclic) bond motifs is 1. The van der Waals surface area contributed by atoms with Gasteiger partial charge < -0.3 is 9.69 Å². The topological polar surface area (TPSA) is 40.6 Å². The van der Waals surface area contributed by atoms with Crippen LogP contribution in [0.25, 0.3) is 0 Å². The SMILES string of the molecule is CCN1C(=O)N(CC=O)Cc2ccccc21. The van der Waals surface area contributed by atoms with Gasteiger partial charge in [0.15, 0.2) is 0 Å². The van der Waals surface area contributed by atoms with Gasteiger partial charge in [-0.3, -0.25) is 4.90 Å². The van der Waals surface area contributed by atoms with Gasteiger partial charge in [-0.2, -0.15) is 0 Å². The van der Waals surface area contributed by atoms with E-state index < -0.39 is 0 Å². The Morgan fingerprint density at radius 2 is 2.12 bits per heavy atom. The van der Waals surface area contributed by atoms with E-state index in [0.717, 1.165) is 17.5 Å². The van der Waals surface area contributed by atoms with E-state index in [2.05, 4.69) is 0 Å². The summed E-state index contributed by atoms with van der Waals surface area (Å²) in [6.07, 6.45) is 0.764. The summed E-state index contributed by atoms with van der Waals surface area (Å²) in [5, 5.41) is 0. The maximum Gasteiger partial charge on any atom is 0.325 e. The van der Waals surface area contributed by atoms with Gasteiger partial charge in [0.05, 0.1) is 12.2 Å². The summed E-state index contributed by atoms with van der Waals surface area (Å²) in [6.45, 7) is 3.22. The maximum atomic E-state index is 12.0. The summed E-state index contributed by atoms with van der Waals surface area (Å²) < 4.78 is 0. The van der Waals surface area contributed by atoms with Crippen molar-refractivity contribution in [3.8, 4) is 0 Å². The number of rotatable bonds is 3. The van der Waals surface area contributed by atoms with Crippen molar-refractivity contribution in [2.24, 2.45) is 0 Å². The van der Waals surface area contributed by atoms with Crippen molar-refractivity contribution in [3.63, 3.8) is 0 Å². The van der Waals surface area contributed by atoms with Crippen LogP contribution in [0.4, 0.5) is 10.5 Å². The molecule has 0 saturated heterocycles. The fourth-order valence-corrected chi connectivity index (χ4v) is 1.99. The molecule has 2 rings (SSSR count). The molecule has 4 heteroatoms. The van der Waals surface area contributed by atoms with Crippen LogP contribution in [0.15, 0.2) is 24.3 Å². The summed E-state index contributed by atoms with van der Waals surface area (Å²) in [6, 6.07) is 7.71. The minimum Gasteiger partial charge on any atom is -0.313 e. The van der Waals surface area contributed by atoms with Crippen LogP contribution in [0, 0.1) is 0 Å². The molecule has 0 aliphatic carbocycles. The van der Waals surface area contributed by atoms with Crippen LogP contribution in [-0.4, -0.2) is 30.3 Å². The van der Waals surface area contributed by atoms with Crippen LogP contribution in [0.5, 0.6) is 0 Å². The summed E-state index contributed by atoms with van der Waals surface area (Å²) in [5.41, 5.74) is 2.04. The molecule has 16 heavy (non-hydrogen) atoms. The molecule has 1 aliphatic heterocycles. The van der Waals surface area contributed by atoms with Crippen LogP contribution < -0.4 is 4.90 Å². The van der Waals surface area contributed by atoms with Crippen LogP contribution in [-0.2, 0) is 11.3 Å². The van der Waals surface area contributed by atoms with Gasteiger partial charge in [0.1, 0.15) is 6.29 Å². The smallest absolute Gasteiger partial charge is 0.313 e. The molecular weight excluding hydrogens is 204 g/mol. The first-order valence-electron chi connectivity index (χ1n) is 5.36. The number of amides is 2. The fraction of sp³-hybridized carbons (Fsp3) is 0.333. The van der Waals surface area contributed by atoms with Gasteiger partial charge in [-0.1, -0.05) is 18.2 Å². The van der Waals surface area contributed by atoms with Gasteiger partial charge in [0.25, 0.3) is 0 Å². The maximum absolute atomic E-state index is 12.0. The number of urea groups is 1. The van der Waals surface area contributed by atoms with E-state index in [1.807, 2.05) is 31.2 Å². The Labute approximate surface area is 94.5 Å². The number of carbonyl (C=O) groups is 2. The van der Waals surface area contributed by atoms with Gasteiger partial charge in [-0.05, 0) is 18.6 Å². The molecular formula is C12H14N2O2. The Hall–Kier alpha value is -1.84. The molecule has 0 fully saturated rings. The average Bonchev–Trinajstić information content (AvgIpc) is 2.31. The van der Waals surface area contributed by atoms with Gasteiger partial charge in [0, 0.05) is 13.1 Å². The van der Waals surface area contributed by atoms with E-state index in [9.17, 15) is 9.59 Å². The van der Waals surface area contributed by atoms with E-state index in [4.69, 9.17) is 0 Å². The number of benzene rings is 1. The molecule has 0 atom stereocenters. The first-order chi connectivity index (χ1) is 7.77. The Morgan fingerprint density at radius 3 is 2.81 bits per heavy atom. The number of hydrogen-bond acceptors (Lipinski definition) is 2. The minimum absolute atomic E-state index is 0.0895. The fourth-order valence-electron chi connectivity index (χ4n) is 1.99. The van der Waals surface area contributed by atoms with Crippen molar-refractivity contribution in [3.05, 3.63) is 29.8 Å². The van der Waals surface area contributed by atoms with Crippen molar-refractivity contribution < 1.29 is 9.59 Å².